The van der Waals surface area contributed by atoms with E-state index in [-0.39, 0.29) is 18.5 Å². The number of amides is 1. The van der Waals surface area contributed by atoms with Gasteiger partial charge in [-0.1, -0.05) is 328 Å². The molecule has 0 fully saturated rings. The Morgan fingerprint density at radius 3 is 1.03 bits per heavy atom. The molecule has 0 bridgehead atoms. The fourth-order valence-corrected chi connectivity index (χ4v) is 10.5. The van der Waals surface area contributed by atoms with Crippen molar-refractivity contribution in [1.29, 1.82) is 0 Å². The molecule has 3 N–H and O–H groups in total. The number of unbranched alkanes of at least 4 members (excludes halogenated alkanes) is 49. The van der Waals surface area contributed by atoms with E-state index in [1.807, 2.05) is 0 Å². The quantitative estimate of drug-likeness (QED) is 0.0320. The van der Waals surface area contributed by atoms with Crippen LogP contribution in [0.5, 0.6) is 0 Å². The van der Waals surface area contributed by atoms with Gasteiger partial charge in [0.15, 0.2) is 0 Å². The Bertz CT molecular complexity index is 1080. The summed E-state index contributed by atoms with van der Waals surface area (Å²) < 4.78 is 5.46. The van der Waals surface area contributed by atoms with Crippen LogP contribution in [0.4, 0.5) is 0 Å². The van der Waals surface area contributed by atoms with Crippen molar-refractivity contribution in [1.82, 2.24) is 5.32 Å². The summed E-state index contributed by atoms with van der Waals surface area (Å²) >= 11 is 0. The first-order valence-electron chi connectivity index (χ1n) is 32.9. The van der Waals surface area contributed by atoms with Gasteiger partial charge in [-0.3, -0.25) is 9.59 Å². The molecular weight excluding hydrogens is 887 g/mol. The van der Waals surface area contributed by atoms with Crippen molar-refractivity contribution in [3.8, 4) is 0 Å². The summed E-state index contributed by atoms with van der Waals surface area (Å²) in [5, 5.41) is 23.4. The van der Waals surface area contributed by atoms with E-state index in [2.05, 4.69) is 31.3 Å². The summed E-state index contributed by atoms with van der Waals surface area (Å²) in [5.41, 5.74) is 0. The van der Waals surface area contributed by atoms with Gasteiger partial charge in [-0.2, -0.15) is 0 Å². The molecule has 0 aromatic rings. The predicted octanol–water partition coefficient (Wildman–Crippen LogP) is 20.8. The maximum Gasteiger partial charge on any atom is 0.305 e. The Hall–Kier alpha value is -1.40. The molecule has 0 aliphatic heterocycles. The minimum atomic E-state index is -0.662. The molecule has 0 heterocycles. The molecular formula is C66H129NO5. The van der Waals surface area contributed by atoms with Crippen molar-refractivity contribution in [2.45, 2.75) is 386 Å². The molecule has 6 nitrogen and oxygen atoms in total. The molecule has 0 aliphatic carbocycles. The van der Waals surface area contributed by atoms with Gasteiger partial charge < -0.3 is 20.3 Å². The van der Waals surface area contributed by atoms with Gasteiger partial charge in [-0.25, -0.2) is 0 Å². The zero-order valence-corrected chi connectivity index (χ0v) is 48.9. The van der Waals surface area contributed by atoms with Crippen molar-refractivity contribution >= 4 is 11.9 Å². The van der Waals surface area contributed by atoms with Crippen LogP contribution in [-0.2, 0) is 14.3 Å². The number of aliphatic hydroxyl groups excluding tert-OH is 2. The Morgan fingerprint density at radius 1 is 0.375 bits per heavy atom. The number of hydrogen-bond donors (Lipinski definition) is 3. The van der Waals surface area contributed by atoms with E-state index in [0.29, 0.717) is 25.9 Å². The van der Waals surface area contributed by atoms with Gasteiger partial charge in [-0.15, -0.1) is 0 Å². The van der Waals surface area contributed by atoms with Crippen LogP contribution >= 0.6 is 0 Å². The summed E-state index contributed by atoms with van der Waals surface area (Å²) in [4.78, 5) is 24.5. The molecule has 0 saturated carbocycles. The summed E-state index contributed by atoms with van der Waals surface area (Å²) in [5.74, 6) is -0.0220. The highest BCUT2D eigenvalue weighted by Gasteiger charge is 2.20. The van der Waals surface area contributed by atoms with Gasteiger partial charge in [0, 0.05) is 12.8 Å². The summed E-state index contributed by atoms with van der Waals surface area (Å²) in [6.45, 7) is 4.95. The Morgan fingerprint density at radius 2 is 0.667 bits per heavy atom. The molecule has 2 unspecified atom stereocenters. The van der Waals surface area contributed by atoms with Crippen LogP contribution in [0.15, 0.2) is 12.2 Å². The van der Waals surface area contributed by atoms with Gasteiger partial charge in [0.1, 0.15) is 0 Å². The number of carbonyl (C=O) groups is 2. The normalized spacial score (nSPS) is 12.6. The smallest absolute Gasteiger partial charge is 0.305 e. The summed E-state index contributed by atoms with van der Waals surface area (Å²) in [7, 11) is 0. The van der Waals surface area contributed by atoms with Crippen LogP contribution in [0.2, 0.25) is 0 Å². The number of hydrogen-bond acceptors (Lipinski definition) is 5. The second kappa shape index (κ2) is 62.1. The predicted molar refractivity (Wildman–Crippen MR) is 315 cm³/mol. The van der Waals surface area contributed by atoms with Crippen LogP contribution in [0.25, 0.3) is 0 Å². The zero-order valence-electron chi connectivity index (χ0n) is 48.9. The molecule has 0 radical (unpaired) electrons. The molecule has 428 valence electrons. The fourth-order valence-electron chi connectivity index (χ4n) is 10.5. The highest BCUT2D eigenvalue weighted by atomic mass is 16.5. The van der Waals surface area contributed by atoms with E-state index in [1.165, 1.54) is 295 Å². The van der Waals surface area contributed by atoms with E-state index in [1.54, 1.807) is 0 Å². The number of rotatable bonds is 62. The van der Waals surface area contributed by atoms with Gasteiger partial charge >= 0.3 is 5.97 Å². The number of aliphatic hydroxyl groups is 2. The third-order valence-corrected chi connectivity index (χ3v) is 15.6. The number of nitrogens with one attached hydrogen (secondary N) is 1. The topological polar surface area (TPSA) is 95.9 Å². The maximum absolute atomic E-state index is 12.5. The zero-order chi connectivity index (χ0) is 52.2. The molecule has 1 amide bonds. The minimum Gasteiger partial charge on any atom is -0.466 e. The molecule has 0 rings (SSSR count). The highest BCUT2D eigenvalue weighted by molar-refractivity contribution is 5.76. The van der Waals surface area contributed by atoms with E-state index in [4.69, 9.17) is 4.74 Å². The van der Waals surface area contributed by atoms with Crippen molar-refractivity contribution in [2.24, 2.45) is 0 Å². The lowest BCUT2D eigenvalue weighted by Gasteiger charge is -2.22. The summed E-state index contributed by atoms with van der Waals surface area (Å²) in [6, 6.07) is -0.539. The monoisotopic (exact) mass is 1020 g/mol. The third-order valence-electron chi connectivity index (χ3n) is 15.6. The molecule has 2 atom stereocenters. The molecule has 6 heteroatoms. The van der Waals surface area contributed by atoms with Crippen LogP contribution in [0.3, 0.4) is 0 Å². The Balaban J connectivity index is 3.35. The van der Waals surface area contributed by atoms with Crippen LogP contribution < -0.4 is 5.32 Å². The van der Waals surface area contributed by atoms with Crippen molar-refractivity contribution in [3.63, 3.8) is 0 Å². The van der Waals surface area contributed by atoms with Crippen LogP contribution in [0.1, 0.15) is 373 Å². The first kappa shape index (κ1) is 70.6. The van der Waals surface area contributed by atoms with E-state index >= 15 is 0 Å². The lowest BCUT2D eigenvalue weighted by molar-refractivity contribution is -0.143. The van der Waals surface area contributed by atoms with E-state index in [9.17, 15) is 19.8 Å². The van der Waals surface area contributed by atoms with Gasteiger partial charge in [-0.05, 0) is 44.9 Å². The first-order valence-corrected chi connectivity index (χ1v) is 32.9. The molecule has 0 aromatic carbocycles. The lowest BCUT2D eigenvalue weighted by Crippen LogP contribution is -2.45. The third kappa shape index (κ3) is 57.9. The maximum atomic E-state index is 12.5. The van der Waals surface area contributed by atoms with Crippen LogP contribution in [-0.4, -0.2) is 47.4 Å². The largest absolute Gasteiger partial charge is 0.466 e. The number of ether oxygens (including phenoxy) is 1. The van der Waals surface area contributed by atoms with Gasteiger partial charge in [0.2, 0.25) is 5.91 Å². The number of esters is 1. The van der Waals surface area contributed by atoms with Gasteiger partial charge in [0.25, 0.3) is 0 Å². The van der Waals surface area contributed by atoms with Crippen molar-refractivity contribution in [3.05, 3.63) is 12.2 Å². The second-order valence-corrected chi connectivity index (χ2v) is 22.8. The molecule has 72 heavy (non-hydrogen) atoms. The first-order chi connectivity index (χ1) is 35.5. The van der Waals surface area contributed by atoms with Gasteiger partial charge in [0.05, 0.1) is 25.4 Å². The average Bonchev–Trinajstić information content (AvgIpc) is 3.38. The second-order valence-electron chi connectivity index (χ2n) is 22.8. The lowest BCUT2D eigenvalue weighted by atomic mass is 10.0. The van der Waals surface area contributed by atoms with Crippen LogP contribution in [0, 0.1) is 0 Å². The van der Waals surface area contributed by atoms with E-state index in [0.717, 1.165) is 44.9 Å². The average molecular weight is 1020 g/mol. The molecule has 0 aliphatic rings. The summed E-state index contributed by atoms with van der Waals surface area (Å²) in [6.07, 6.45) is 75.3. The standard InChI is InChI=1S/C66H129NO5/c1-3-5-7-9-11-13-15-16-17-18-29-32-35-39-42-46-50-54-58-64(69)63(62-68)67-65(70)59-55-51-47-43-40-36-33-30-27-25-23-21-19-20-22-24-26-28-31-34-37-41-45-49-53-57-61-72-66(71)60-56-52-48-44-38-14-12-10-8-6-4-2/h10,12,63-64,68-69H,3-9,11,13-62H2,1-2H3,(H,67,70)/b12-10-. The van der Waals surface area contributed by atoms with Crippen molar-refractivity contribution < 1.29 is 24.5 Å². The number of allylic oxidation sites excluding steroid dienone is 2. The molecule has 0 saturated heterocycles. The highest BCUT2D eigenvalue weighted by Crippen LogP contribution is 2.19. The number of carbonyl (C=O) groups excluding carboxylic acids is 2. The Kier molecular flexibility index (Phi) is 60.9. The molecule has 0 spiro atoms. The SMILES string of the molecule is CCCC/C=C\CCCCCCCC(=O)OCCCCCCCCCCCCCCCCCCCCCCCCCCCCC(=O)NC(CO)C(O)CCCCCCCCCCCCCCCCCCCC. The minimum absolute atomic E-state index is 0.00688. The fraction of sp³-hybridized carbons (Fsp3) is 0.939. The van der Waals surface area contributed by atoms with Crippen molar-refractivity contribution in [2.75, 3.05) is 13.2 Å². The van der Waals surface area contributed by atoms with E-state index < -0.39 is 12.1 Å². The Labute approximate surface area is 450 Å². The molecule has 0 aromatic heterocycles.